The molecule has 2 aromatic heterocycles. The first-order valence-electron chi connectivity index (χ1n) is 9.27. The number of carbonyl (C=O) groups excluding carboxylic acids is 1. The molecule has 3 heterocycles. The number of aromatic nitrogens is 3. The van der Waals surface area contributed by atoms with Gasteiger partial charge in [0.05, 0.1) is 24.9 Å². The quantitative estimate of drug-likeness (QED) is 0.624. The monoisotopic (exact) mass is 394 g/mol. The van der Waals surface area contributed by atoms with Gasteiger partial charge in [-0.1, -0.05) is 10.3 Å². The van der Waals surface area contributed by atoms with E-state index in [1.54, 1.807) is 26.0 Å². The van der Waals surface area contributed by atoms with Crippen molar-refractivity contribution in [3.8, 4) is 0 Å². The molecular formula is C18H26N4O6. The van der Waals surface area contributed by atoms with Crippen molar-refractivity contribution in [2.45, 2.75) is 45.5 Å². The fourth-order valence-electron chi connectivity index (χ4n) is 3.17. The molecule has 1 atom stereocenters. The summed E-state index contributed by atoms with van der Waals surface area (Å²) in [5.74, 6) is 1.47. The number of rotatable bonds is 9. The molecule has 0 bridgehead atoms. The lowest BCUT2D eigenvalue weighted by Gasteiger charge is -2.32. The van der Waals surface area contributed by atoms with E-state index in [1.165, 1.54) is 0 Å². The molecule has 10 nitrogen and oxygen atoms in total. The van der Waals surface area contributed by atoms with Crippen LogP contribution in [0.1, 0.15) is 46.4 Å². The molecule has 1 unspecified atom stereocenters. The molecular weight excluding hydrogens is 368 g/mol. The van der Waals surface area contributed by atoms with E-state index in [0.29, 0.717) is 68.1 Å². The summed E-state index contributed by atoms with van der Waals surface area (Å²) in [6.07, 6.45) is 2.26. The topological polar surface area (TPSA) is 113 Å². The van der Waals surface area contributed by atoms with Crippen LogP contribution in [0.15, 0.2) is 9.05 Å². The Morgan fingerprint density at radius 3 is 2.82 bits per heavy atom. The maximum Gasteiger partial charge on any atom is 0.276 e. The van der Waals surface area contributed by atoms with Gasteiger partial charge in [0.25, 0.3) is 11.8 Å². The highest BCUT2D eigenvalue weighted by Gasteiger charge is 2.29. The first-order chi connectivity index (χ1) is 13.6. The maximum absolute atomic E-state index is 12.9. The van der Waals surface area contributed by atoms with E-state index in [4.69, 9.17) is 23.3 Å². The van der Waals surface area contributed by atoms with Crippen molar-refractivity contribution in [2.24, 2.45) is 0 Å². The Balaban J connectivity index is 1.51. The van der Waals surface area contributed by atoms with Crippen molar-refractivity contribution < 1.29 is 28.1 Å². The zero-order chi connectivity index (χ0) is 19.9. The van der Waals surface area contributed by atoms with Gasteiger partial charge in [-0.3, -0.25) is 4.79 Å². The van der Waals surface area contributed by atoms with Gasteiger partial charge in [0.15, 0.2) is 11.5 Å². The Labute approximate surface area is 163 Å². The first-order valence-corrected chi connectivity index (χ1v) is 9.27. The van der Waals surface area contributed by atoms with Gasteiger partial charge in [0, 0.05) is 33.7 Å². The Morgan fingerprint density at radius 1 is 1.21 bits per heavy atom. The van der Waals surface area contributed by atoms with E-state index in [1.807, 2.05) is 0 Å². The van der Waals surface area contributed by atoms with Gasteiger partial charge in [-0.2, -0.15) is 4.98 Å². The minimum atomic E-state index is -0.153. The summed E-state index contributed by atoms with van der Waals surface area (Å²) in [6, 6.07) is 0. The number of methoxy groups -OCH3 is 2. The Bertz CT molecular complexity index is 774. The van der Waals surface area contributed by atoms with Gasteiger partial charge in [-0.15, -0.1) is 0 Å². The van der Waals surface area contributed by atoms with E-state index >= 15 is 0 Å². The lowest BCUT2D eigenvalue weighted by atomic mass is 10.1. The zero-order valence-electron chi connectivity index (χ0n) is 16.5. The van der Waals surface area contributed by atoms with Crippen LogP contribution in [0.25, 0.3) is 0 Å². The average Bonchev–Trinajstić information content (AvgIpc) is 3.29. The Kier molecular flexibility index (Phi) is 7.12. The SMILES string of the molecule is COCc1nc(CCOC2CCCN(C(=O)c3noc(C)c3COC)C2)no1. The third kappa shape index (κ3) is 4.94. The van der Waals surface area contributed by atoms with Crippen LogP contribution < -0.4 is 0 Å². The number of aryl methyl sites for hydroxylation is 1. The second-order valence-electron chi connectivity index (χ2n) is 6.67. The standard InChI is InChI=1S/C18H26N4O6/c1-12-14(10-24-2)17(21-27-12)18(23)22-7-4-5-13(9-22)26-8-6-15-19-16(11-25-3)28-20-15/h13H,4-11H2,1-3H3. The van der Waals surface area contributed by atoms with Gasteiger partial charge in [0.1, 0.15) is 12.4 Å². The number of carbonyl (C=O) groups is 1. The van der Waals surface area contributed by atoms with E-state index in [9.17, 15) is 4.79 Å². The van der Waals surface area contributed by atoms with Gasteiger partial charge in [0.2, 0.25) is 0 Å². The van der Waals surface area contributed by atoms with Crippen LogP contribution in [0.3, 0.4) is 0 Å². The number of piperidine rings is 1. The zero-order valence-corrected chi connectivity index (χ0v) is 16.5. The third-order valence-corrected chi connectivity index (χ3v) is 4.60. The lowest BCUT2D eigenvalue weighted by Crippen LogP contribution is -2.43. The van der Waals surface area contributed by atoms with Crippen LogP contribution >= 0.6 is 0 Å². The molecule has 3 rings (SSSR count). The molecule has 1 fully saturated rings. The highest BCUT2D eigenvalue weighted by Crippen LogP contribution is 2.20. The molecule has 154 valence electrons. The highest BCUT2D eigenvalue weighted by atomic mass is 16.5. The van der Waals surface area contributed by atoms with Crippen molar-refractivity contribution in [1.29, 1.82) is 0 Å². The third-order valence-electron chi connectivity index (χ3n) is 4.60. The van der Waals surface area contributed by atoms with Crippen LogP contribution in [-0.4, -0.2) is 66.1 Å². The number of amides is 1. The summed E-state index contributed by atoms with van der Waals surface area (Å²) in [7, 11) is 3.15. The predicted molar refractivity (Wildman–Crippen MR) is 95.5 cm³/mol. The van der Waals surface area contributed by atoms with Crippen molar-refractivity contribution in [2.75, 3.05) is 33.9 Å². The van der Waals surface area contributed by atoms with Crippen molar-refractivity contribution in [3.63, 3.8) is 0 Å². The van der Waals surface area contributed by atoms with Gasteiger partial charge in [-0.05, 0) is 19.8 Å². The number of nitrogens with zero attached hydrogens (tertiary/aromatic N) is 4. The van der Waals surface area contributed by atoms with Crippen LogP contribution in [-0.2, 0) is 33.8 Å². The van der Waals surface area contributed by atoms with Gasteiger partial charge in [-0.25, -0.2) is 0 Å². The largest absolute Gasteiger partial charge is 0.380 e. The number of likely N-dealkylation sites (tertiary alicyclic amines) is 1. The predicted octanol–water partition coefficient (Wildman–Crippen LogP) is 1.52. The Morgan fingerprint density at radius 2 is 2.04 bits per heavy atom. The fourth-order valence-corrected chi connectivity index (χ4v) is 3.17. The van der Waals surface area contributed by atoms with Crippen LogP contribution in [0.2, 0.25) is 0 Å². The smallest absolute Gasteiger partial charge is 0.276 e. The minimum Gasteiger partial charge on any atom is -0.380 e. The van der Waals surface area contributed by atoms with Crippen molar-refractivity contribution in [3.05, 3.63) is 28.7 Å². The van der Waals surface area contributed by atoms with E-state index in [-0.39, 0.29) is 12.0 Å². The summed E-state index contributed by atoms with van der Waals surface area (Å²) in [5, 5.41) is 7.82. The summed E-state index contributed by atoms with van der Waals surface area (Å²) in [6.45, 7) is 3.99. The van der Waals surface area contributed by atoms with Crippen LogP contribution in [0, 0.1) is 6.92 Å². The van der Waals surface area contributed by atoms with Crippen molar-refractivity contribution in [1.82, 2.24) is 20.2 Å². The molecule has 0 aliphatic carbocycles. The van der Waals surface area contributed by atoms with E-state index in [2.05, 4.69) is 15.3 Å². The van der Waals surface area contributed by atoms with E-state index < -0.39 is 0 Å². The maximum atomic E-state index is 12.9. The molecule has 0 spiro atoms. The summed E-state index contributed by atoms with van der Waals surface area (Å²) < 4.78 is 26.3. The lowest BCUT2D eigenvalue weighted by molar-refractivity contribution is 0.00210. The first kappa shape index (κ1) is 20.4. The molecule has 1 amide bonds. The summed E-state index contributed by atoms with van der Waals surface area (Å²) in [5.41, 5.74) is 1.01. The normalized spacial score (nSPS) is 17.2. The number of hydrogen-bond acceptors (Lipinski definition) is 9. The number of ether oxygens (including phenoxy) is 3. The molecule has 2 aromatic rings. The Hall–Kier alpha value is -2.30. The van der Waals surface area contributed by atoms with Gasteiger partial charge >= 0.3 is 0 Å². The molecule has 1 aliphatic rings. The van der Waals surface area contributed by atoms with Gasteiger partial charge < -0.3 is 28.2 Å². The second-order valence-corrected chi connectivity index (χ2v) is 6.67. The molecule has 0 radical (unpaired) electrons. The molecule has 1 aliphatic heterocycles. The molecule has 0 saturated carbocycles. The highest BCUT2D eigenvalue weighted by molar-refractivity contribution is 5.93. The fraction of sp³-hybridized carbons (Fsp3) is 0.667. The van der Waals surface area contributed by atoms with E-state index in [0.717, 1.165) is 12.8 Å². The van der Waals surface area contributed by atoms with Crippen molar-refractivity contribution >= 4 is 5.91 Å². The van der Waals surface area contributed by atoms with Crippen LogP contribution in [0.5, 0.6) is 0 Å². The molecule has 28 heavy (non-hydrogen) atoms. The molecule has 0 aromatic carbocycles. The summed E-state index contributed by atoms with van der Waals surface area (Å²) in [4.78, 5) is 18.8. The second kappa shape index (κ2) is 9.76. The van der Waals surface area contributed by atoms with Crippen LogP contribution in [0.4, 0.5) is 0 Å². The minimum absolute atomic E-state index is 0.0399. The number of hydrogen-bond donors (Lipinski definition) is 0. The molecule has 10 heteroatoms. The molecule has 1 saturated heterocycles. The summed E-state index contributed by atoms with van der Waals surface area (Å²) >= 11 is 0. The molecule has 0 N–H and O–H groups in total. The average molecular weight is 394 g/mol.